The van der Waals surface area contributed by atoms with Crippen LogP contribution in [0, 0.1) is 0 Å². The Kier molecular flexibility index (Phi) is 118. The molecule has 0 fully saturated rings. The van der Waals surface area contributed by atoms with Crippen molar-refractivity contribution in [2.75, 3.05) is 0 Å². The van der Waals surface area contributed by atoms with E-state index in [2.05, 4.69) is 0 Å². The van der Waals surface area contributed by atoms with E-state index in [4.69, 9.17) is 19.8 Å². The molecule has 0 aliphatic heterocycles. The Balaban J connectivity index is -0.0000000400. The molecule has 5 heteroatoms. The molecule has 0 aromatic heterocycles. The van der Waals surface area contributed by atoms with Crippen LogP contribution in [0.2, 0.25) is 0 Å². The standard InChI is InChI=1S/2CH2O2.Co/c2*2-1-3;/h2*1H,(H,2,3);. The smallest absolute Gasteiger partial charge is 0.290 e. The van der Waals surface area contributed by atoms with Gasteiger partial charge in [-0.05, 0) is 0 Å². The van der Waals surface area contributed by atoms with E-state index in [0.717, 1.165) is 0 Å². The third kappa shape index (κ3) is 211. The zero-order valence-corrected chi connectivity index (χ0v) is 4.24. The molecule has 0 unspecified atom stereocenters. The second kappa shape index (κ2) is 51.5. The minimum absolute atomic E-state index is 0. The van der Waals surface area contributed by atoms with Gasteiger partial charge in [-0.3, -0.25) is 9.59 Å². The van der Waals surface area contributed by atoms with E-state index in [1.165, 1.54) is 0 Å². The maximum Gasteiger partial charge on any atom is 0.290 e. The van der Waals surface area contributed by atoms with Gasteiger partial charge in [-0.1, -0.05) is 0 Å². The van der Waals surface area contributed by atoms with Crippen molar-refractivity contribution < 1.29 is 36.6 Å². The van der Waals surface area contributed by atoms with Crippen LogP contribution in [0.25, 0.3) is 0 Å². The molecule has 0 aliphatic rings. The van der Waals surface area contributed by atoms with Gasteiger partial charge in [0.2, 0.25) is 0 Å². The van der Waals surface area contributed by atoms with Crippen molar-refractivity contribution in [3.05, 3.63) is 0 Å². The number of hydrogen-bond acceptors (Lipinski definition) is 2. The first kappa shape index (κ1) is 16.1. The predicted molar refractivity (Wildman–Crippen MR) is 17.4 cm³/mol. The van der Waals surface area contributed by atoms with Crippen molar-refractivity contribution >= 4 is 12.9 Å². The summed E-state index contributed by atoms with van der Waals surface area (Å²) in [5, 5.41) is 13.8. The van der Waals surface area contributed by atoms with Gasteiger partial charge in [-0.15, -0.1) is 0 Å². The first-order valence-electron chi connectivity index (χ1n) is 0.988. The van der Waals surface area contributed by atoms with Crippen molar-refractivity contribution in [3.8, 4) is 0 Å². The van der Waals surface area contributed by atoms with Crippen molar-refractivity contribution in [1.82, 2.24) is 0 Å². The summed E-state index contributed by atoms with van der Waals surface area (Å²) >= 11 is 0. The summed E-state index contributed by atoms with van der Waals surface area (Å²) in [6.45, 7) is -0.500. The second-order valence-corrected chi connectivity index (χ2v) is 0.211. The Hall–Kier alpha value is -0.554. The summed E-state index contributed by atoms with van der Waals surface area (Å²) in [5.74, 6) is 0. The maximum absolute atomic E-state index is 8.36. The van der Waals surface area contributed by atoms with Gasteiger partial charge in [0, 0.05) is 16.8 Å². The summed E-state index contributed by atoms with van der Waals surface area (Å²) in [4.78, 5) is 16.7. The average Bonchev–Trinajstić information content (AvgIpc) is 1.39. The Labute approximate surface area is 50.3 Å². The van der Waals surface area contributed by atoms with E-state index in [9.17, 15) is 0 Å². The third-order valence-corrected chi connectivity index (χ3v) is 0. The Morgan fingerprint density at radius 1 is 1.00 bits per heavy atom. The van der Waals surface area contributed by atoms with Crippen molar-refractivity contribution in [2.24, 2.45) is 0 Å². The van der Waals surface area contributed by atoms with Crippen LogP contribution in [0.3, 0.4) is 0 Å². The van der Waals surface area contributed by atoms with Crippen molar-refractivity contribution in [2.45, 2.75) is 0 Å². The summed E-state index contributed by atoms with van der Waals surface area (Å²) in [6, 6.07) is 0. The average molecular weight is 151 g/mol. The fourth-order valence-corrected chi connectivity index (χ4v) is 0. The van der Waals surface area contributed by atoms with E-state index in [1.54, 1.807) is 0 Å². The van der Waals surface area contributed by atoms with Gasteiger partial charge in [0.15, 0.2) is 0 Å². The van der Waals surface area contributed by atoms with E-state index >= 15 is 0 Å². The number of rotatable bonds is 0. The molecule has 0 spiro atoms. The fourth-order valence-electron chi connectivity index (χ4n) is 0. The number of carboxylic acid groups (broad SMARTS) is 2. The van der Waals surface area contributed by atoms with Crippen LogP contribution in [0.4, 0.5) is 0 Å². The molecular weight excluding hydrogens is 147 g/mol. The molecule has 7 heavy (non-hydrogen) atoms. The Bertz CT molecular complexity index is 30.7. The van der Waals surface area contributed by atoms with Crippen molar-refractivity contribution in [3.63, 3.8) is 0 Å². The van der Waals surface area contributed by atoms with Crippen molar-refractivity contribution in [1.29, 1.82) is 0 Å². The van der Waals surface area contributed by atoms with E-state index in [0.29, 0.717) is 0 Å². The molecule has 0 atom stereocenters. The molecule has 1 radical (unpaired) electrons. The van der Waals surface area contributed by atoms with Gasteiger partial charge in [0.25, 0.3) is 12.9 Å². The molecule has 45 valence electrons. The van der Waals surface area contributed by atoms with Gasteiger partial charge in [-0.2, -0.15) is 0 Å². The minimum Gasteiger partial charge on any atom is -0.483 e. The molecule has 0 amide bonds. The molecule has 0 heterocycles. The van der Waals surface area contributed by atoms with E-state index in [-0.39, 0.29) is 29.7 Å². The predicted octanol–water partition coefficient (Wildman–Crippen LogP) is -0.601. The largest absolute Gasteiger partial charge is 0.483 e. The van der Waals surface area contributed by atoms with Gasteiger partial charge >= 0.3 is 0 Å². The van der Waals surface area contributed by atoms with Gasteiger partial charge in [-0.25, -0.2) is 0 Å². The third-order valence-electron chi connectivity index (χ3n) is 0. The first-order valence-corrected chi connectivity index (χ1v) is 0.988. The normalized spacial score (nSPS) is 3.43. The Morgan fingerprint density at radius 2 is 1.00 bits per heavy atom. The van der Waals surface area contributed by atoms with Gasteiger partial charge < -0.3 is 10.2 Å². The fraction of sp³-hybridized carbons (Fsp3) is 0. The van der Waals surface area contributed by atoms with E-state index < -0.39 is 0 Å². The van der Waals surface area contributed by atoms with Crippen LogP contribution in [0.5, 0.6) is 0 Å². The van der Waals surface area contributed by atoms with Crippen LogP contribution in [-0.2, 0) is 26.4 Å². The SMILES string of the molecule is O=CO.O=CO.[Co]. The maximum atomic E-state index is 8.36. The molecule has 2 N–H and O–H groups in total. The topological polar surface area (TPSA) is 74.6 Å². The van der Waals surface area contributed by atoms with Crippen LogP contribution in [0.15, 0.2) is 0 Å². The summed E-state index contributed by atoms with van der Waals surface area (Å²) in [7, 11) is 0. The molecule has 0 bridgehead atoms. The van der Waals surface area contributed by atoms with Crippen LogP contribution in [-0.4, -0.2) is 23.2 Å². The van der Waals surface area contributed by atoms with Gasteiger partial charge in [0.1, 0.15) is 0 Å². The molecule has 0 saturated heterocycles. The monoisotopic (exact) mass is 151 g/mol. The Morgan fingerprint density at radius 3 is 1.00 bits per heavy atom. The molecule has 0 rings (SSSR count). The minimum atomic E-state index is -0.250. The zero-order chi connectivity index (χ0) is 5.41. The second-order valence-electron chi connectivity index (χ2n) is 0.211. The summed E-state index contributed by atoms with van der Waals surface area (Å²) in [5.41, 5.74) is 0. The zero-order valence-electron chi connectivity index (χ0n) is 3.20. The van der Waals surface area contributed by atoms with Crippen LogP contribution >= 0.6 is 0 Å². The molecule has 0 aromatic carbocycles. The summed E-state index contributed by atoms with van der Waals surface area (Å²) < 4.78 is 0. The van der Waals surface area contributed by atoms with Crippen LogP contribution < -0.4 is 0 Å². The summed E-state index contributed by atoms with van der Waals surface area (Å²) in [6.07, 6.45) is 0. The van der Waals surface area contributed by atoms with E-state index in [1.807, 2.05) is 0 Å². The molecule has 4 nitrogen and oxygen atoms in total. The first-order chi connectivity index (χ1) is 2.83. The molecule has 0 aliphatic carbocycles. The molecule has 0 saturated carbocycles. The van der Waals surface area contributed by atoms with Gasteiger partial charge in [0.05, 0.1) is 0 Å². The number of hydrogen-bond donors (Lipinski definition) is 2. The quantitative estimate of drug-likeness (QED) is 0.453. The molecular formula is C2H4CoO4. The molecule has 0 aromatic rings. The number of carbonyl (C=O) groups is 2. The van der Waals surface area contributed by atoms with Crippen LogP contribution in [0.1, 0.15) is 0 Å².